The number of anilines is 2. The molecule has 0 radical (unpaired) electrons. The maximum Gasteiger partial charge on any atom is 0.0866 e. The number of aliphatic imine (C=N–C) groups is 1. The van der Waals surface area contributed by atoms with Gasteiger partial charge in [0.25, 0.3) is 0 Å². The topological polar surface area (TPSA) is 15.6 Å². The van der Waals surface area contributed by atoms with Crippen molar-refractivity contribution in [2.24, 2.45) is 4.99 Å². The van der Waals surface area contributed by atoms with E-state index in [4.69, 9.17) is 4.99 Å². The third kappa shape index (κ3) is 7.80. The zero-order valence-electron chi connectivity index (χ0n) is 34.4. The Labute approximate surface area is 354 Å². The van der Waals surface area contributed by atoms with E-state index >= 15 is 0 Å². The lowest BCUT2D eigenvalue weighted by Crippen LogP contribution is -2.22. The summed E-state index contributed by atoms with van der Waals surface area (Å²) in [7, 11) is 2.09. The van der Waals surface area contributed by atoms with E-state index in [2.05, 4.69) is 208 Å². The molecule has 0 aliphatic heterocycles. The first kappa shape index (κ1) is 38.2. The van der Waals surface area contributed by atoms with Crippen molar-refractivity contribution in [3.63, 3.8) is 0 Å². The van der Waals surface area contributed by atoms with E-state index in [0.29, 0.717) is 0 Å². The van der Waals surface area contributed by atoms with Gasteiger partial charge < -0.3 is 4.90 Å². The van der Waals surface area contributed by atoms with Crippen LogP contribution in [0.5, 0.6) is 0 Å². The molecule has 3 aliphatic rings. The number of fused-ring (bicyclic) bond motifs is 3. The van der Waals surface area contributed by atoms with Crippen molar-refractivity contribution < 1.29 is 0 Å². The standard InChI is InChI=1S/C58H48N2/c1-4-43(45-23-16-18-42(32-33-45)40-59-55-30-14-15-31-56(55)60(3)51-26-6-5-7-27-51)39-54-41(2)57(48-36-34-46-20-8-9-21-47(46)35-37-48)52-28-12-13-29-53(52)58(54)50-25-17-24-44-19-10-11-22-49(44)38-50/h4-15,17-24,26-36,38-40H,1,16,25,37H2,2-3H3/b43-39+,59-40+. The first-order chi connectivity index (χ1) is 29.6. The fourth-order valence-electron chi connectivity index (χ4n) is 8.73. The smallest absolute Gasteiger partial charge is 0.0866 e. The molecule has 0 amide bonds. The van der Waals surface area contributed by atoms with Gasteiger partial charge in [0.1, 0.15) is 0 Å². The number of rotatable bonds is 9. The van der Waals surface area contributed by atoms with Gasteiger partial charge in [-0.1, -0.05) is 177 Å². The molecule has 2 nitrogen and oxygen atoms in total. The summed E-state index contributed by atoms with van der Waals surface area (Å²) in [5.41, 5.74) is 16.6. The summed E-state index contributed by atoms with van der Waals surface area (Å²) in [6, 6.07) is 45.1. The number of benzene rings is 6. The van der Waals surface area contributed by atoms with E-state index in [0.717, 1.165) is 53.0 Å². The summed E-state index contributed by atoms with van der Waals surface area (Å²) >= 11 is 0. The molecule has 6 aromatic rings. The summed E-state index contributed by atoms with van der Waals surface area (Å²) in [4.78, 5) is 7.19. The van der Waals surface area contributed by atoms with Crippen LogP contribution in [0.3, 0.4) is 0 Å². The maximum atomic E-state index is 5.01. The Bertz CT molecular complexity index is 3030. The van der Waals surface area contributed by atoms with E-state index in [1.165, 1.54) is 65.7 Å². The van der Waals surface area contributed by atoms with E-state index in [9.17, 15) is 0 Å². The van der Waals surface area contributed by atoms with Crippen molar-refractivity contribution in [1.82, 2.24) is 0 Å². The molecule has 2 heteroatoms. The molecule has 290 valence electrons. The second-order valence-corrected chi connectivity index (χ2v) is 15.5. The first-order valence-electron chi connectivity index (χ1n) is 20.9. The third-order valence-corrected chi connectivity index (χ3v) is 11.9. The van der Waals surface area contributed by atoms with Gasteiger partial charge in [0.2, 0.25) is 0 Å². The summed E-state index contributed by atoms with van der Waals surface area (Å²) in [5, 5.41) is 5.07. The van der Waals surface area contributed by atoms with Gasteiger partial charge >= 0.3 is 0 Å². The molecule has 0 bridgehead atoms. The number of para-hydroxylation sites is 3. The highest BCUT2D eigenvalue weighted by Crippen LogP contribution is 2.43. The minimum absolute atomic E-state index is 0.779. The van der Waals surface area contributed by atoms with Gasteiger partial charge in [0, 0.05) is 18.9 Å². The van der Waals surface area contributed by atoms with Crippen LogP contribution in [0.2, 0.25) is 0 Å². The van der Waals surface area contributed by atoms with Crippen LogP contribution in [-0.2, 0) is 0 Å². The Morgan fingerprint density at radius 2 is 1.37 bits per heavy atom. The summed E-state index contributed by atoms with van der Waals surface area (Å²) in [5.74, 6) is 0. The summed E-state index contributed by atoms with van der Waals surface area (Å²) < 4.78 is 0. The second kappa shape index (κ2) is 17.3. The molecule has 0 heterocycles. The molecule has 9 rings (SSSR count). The van der Waals surface area contributed by atoms with Gasteiger partial charge in [-0.15, -0.1) is 0 Å². The summed E-state index contributed by atoms with van der Waals surface area (Å²) in [6.07, 6.45) is 31.8. The van der Waals surface area contributed by atoms with Gasteiger partial charge in [-0.2, -0.15) is 0 Å². The molecule has 0 atom stereocenters. The molecule has 0 saturated carbocycles. The van der Waals surface area contributed by atoms with Gasteiger partial charge in [0.15, 0.2) is 0 Å². The monoisotopic (exact) mass is 772 g/mol. The molecular formula is C58H48N2. The van der Waals surface area contributed by atoms with Gasteiger partial charge in [-0.05, 0) is 139 Å². The van der Waals surface area contributed by atoms with Crippen LogP contribution >= 0.6 is 0 Å². The van der Waals surface area contributed by atoms with Crippen molar-refractivity contribution in [2.45, 2.75) is 26.2 Å². The number of hydrogen-bond donors (Lipinski definition) is 0. The van der Waals surface area contributed by atoms with Crippen LogP contribution in [0.4, 0.5) is 17.1 Å². The minimum atomic E-state index is 0.779. The molecule has 6 aromatic carbocycles. The molecular weight excluding hydrogens is 725 g/mol. The fourth-order valence-corrected chi connectivity index (χ4v) is 8.73. The zero-order valence-corrected chi connectivity index (χ0v) is 34.4. The predicted molar refractivity (Wildman–Crippen MR) is 261 cm³/mol. The van der Waals surface area contributed by atoms with Crippen LogP contribution < -0.4 is 15.3 Å². The SMILES string of the molecule is C=C/C(=C\c1c(C)c(C2=CC=c3ccccc3=CC2)c2ccccc2c1C1=Cc2ccccc2C=CC1)C1=CCC=C(/C=N/c2ccccc2N(C)c2ccccc2)C=C1. The van der Waals surface area contributed by atoms with Crippen LogP contribution in [0.15, 0.2) is 198 Å². The molecule has 0 unspecified atom stereocenters. The van der Waals surface area contributed by atoms with Crippen molar-refractivity contribution in [3.8, 4) is 0 Å². The highest BCUT2D eigenvalue weighted by atomic mass is 15.1. The fraction of sp³-hybridized carbons (Fsp3) is 0.0862. The Kier molecular flexibility index (Phi) is 11.0. The lowest BCUT2D eigenvalue weighted by molar-refractivity contribution is 1.20. The summed E-state index contributed by atoms with van der Waals surface area (Å²) in [6.45, 7) is 6.72. The average molecular weight is 773 g/mol. The number of nitrogens with zero attached hydrogens (tertiary/aromatic N) is 2. The van der Waals surface area contributed by atoms with E-state index in [1.807, 2.05) is 24.4 Å². The van der Waals surface area contributed by atoms with Crippen molar-refractivity contribution in [3.05, 3.63) is 237 Å². The van der Waals surface area contributed by atoms with Crippen LogP contribution in [0.1, 0.15) is 52.6 Å². The average Bonchev–Trinajstić information content (AvgIpc) is 3.77. The Hall–Kier alpha value is -7.29. The highest BCUT2D eigenvalue weighted by Gasteiger charge is 2.22. The van der Waals surface area contributed by atoms with E-state index < -0.39 is 0 Å². The molecule has 0 aromatic heterocycles. The second-order valence-electron chi connectivity index (χ2n) is 15.5. The lowest BCUT2D eigenvalue weighted by atomic mass is 9.81. The Balaban J connectivity index is 1.14. The van der Waals surface area contributed by atoms with Crippen molar-refractivity contribution >= 4 is 75.6 Å². The molecule has 60 heavy (non-hydrogen) atoms. The van der Waals surface area contributed by atoms with E-state index in [-0.39, 0.29) is 0 Å². The lowest BCUT2D eigenvalue weighted by Gasteiger charge is -2.23. The number of allylic oxidation sites excluding steroid dienone is 12. The van der Waals surface area contributed by atoms with Crippen molar-refractivity contribution in [1.29, 1.82) is 0 Å². The largest absolute Gasteiger partial charge is 0.343 e. The van der Waals surface area contributed by atoms with Gasteiger partial charge in [0.05, 0.1) is 11.4 Å². The van der Waals surface area contributed by atoms with Gasteiger partial charge in [-0.25, -0.2) is 0 Å². The quantitative estimate of drug-likeness (QED) is 0.106. The third-order valence-electron chi connectivity index (χ3n) is 11.9. The Morgan fingerprint density at radius 3 is 2.20 bits per heavy atom. The van der Waals surface area contributed by atoms with Crippen molar-refractivity contribution in [2.75, 3.05) is 11.9 Å². The van der Waals surface area contributed by atoms with Crippen LogP contribution in [-0.4, -0.2) is 13.3 Å². The zero-order chi connectivity index (χ0) is 40.8. The van der Waals surface area contributed by atoms with E-state index in [1.54, 1.807) is 0 Å². The molecule has 0 fully saturated rings. The minimum Gasteiger partial charge on any atom is -0.343 e. The molecule has 3 aliphatic carbocycles. The van der Waals surface area contributed by atoms with Crippen LogP contribution in [0, 0.1) is 6.92 Å². The molecule has 0 saturated heterocycles. The normalized spacial score (nSPS) is 14.9. The number of hydrogen-bond acceptors (Lipinski definition) is 2. The van der Waals surface area contributed by atoms with Gasteiger partial charge in [-0.3, -0.25) is 4.99 Å². The highest BCUT2D eigenvalue weighted by molar-refractivity contribution is 6.08. The predicted octanol–water partition coefficient (Wildman–Crippen LogP) is 13.7. The molecule has 0 N–H and O–H groups in total. The maximum absolute atomic E-state index is 5.01. The molecule has 0 spiro atoms. The first-order valence-corrected chi connectivity index (χ1v) is 20.9. The van der Waals surface area contributed by atoms with Crippen LogP contribution in [0.25, 0.3) is 52.3 Å². The Morgan fingerprint density at radius 1 is 0.650 bits per heavy atom.